The third-order valence-electron chi connectivity index (χ3n) is 3.01. The predicted molar refractivity (Wildman–Crippen MR) is 73.6 cm³/mol. The van der Waals surface area contributed by atoms with Crippen LogP contribution in [0.4, 0.5) is 4.79 Å². The molecule has 1 fully saturated rings. The molecule has 3 amide bonds. The van der Waals surface area contributed by atoms with E-state index in [0.29, 0.717) is 32.7 Å². The Labute approximate surface area is 121 Å². The van der Waals surface area contributed by atoms with Gasteiger partial charge in [0.2, 0.25) is 0 Å². The van der Waals surface area contributed by atoms with Gasteiger partial charge in [-0.2, -0.15) is 0 Å². The van der Waals surface area contributed by atoms with E-state index < -0.39 is 0 Å². The molecule has 1 N–H and O–H groups in total. The van der Waals surface area contributed by atoms with Gasteiger partial charge < -0.3 is 15.1 Å². The van der Waals surface area contributed by atoms with Gasteiger partial charge in [-0.1, -0.05) is 11.6 Å². The first kappa shape index (κ1) is 14.5. The number of nitrogens with one attached hydrogen (secondary N) is 1. The maximum absolute atomic E-state index is 12.2. The van der Waals surface area contributed by atoms with Crippen molar-refractivity contribution in [2.75, 3.05) is 32.7 Å². The average Bonchev–Trinajstić information content (AvgIpc) is 2.47. The second-order valence-electron chi connectivity index (χ2n) is 4.34. The predicted octanol–water partition coefficient (Wildman–Crippen LogP) is 0.617. The maximum Gasteiger partial charge on any atom is 0.317 e. The van der Waals surface area contributed by atoms with Gasteiger partial charge in [0.1, 0.15) is 10.8 Å². The SMILES string of the molecule is CCNC(=O)N1CCN(C(=O)c2cncc(Cl)n2)CC1. The van der Waals surface area contributed by atoms with E-state index in [1.165, 1.54) is 12.4 Å². The highest BCUT2D eigenvalue weighted by Crippen LogP contribution is 2.09. The fraction of sp³-hybridized carbons (Fsp3) is 0.500. The zero-order valence-electron chi connectivity index (χ0n) is 11.2. The summed E-state index contributed by atoms with van der Waals surface area (Å²) in [5.74, 6) is -0.212. The number of carbonyl (C=O) groups is 2. The minimum absolute atomic E-state index is 0.0952. The Balaban J connectivity index is 1.93. The summed E-state index contributed by atoms with van der Waals surface area (Å²) in [6, 6.07) is -0.0952. The molecule has 2 rings (SSSR count). The number of nitrogens with zero attached hydrogens (tertiary/aromatic N) is 4. The Morgan fingerprint density at radius 2 is 1.90 bits per heavy atom. The van der Waals surface area contributed by atoms with Gasteiger partial charge in [-0.25, -0.2) is 9.78 Å². The van der Waals surface area contributed by atoms with Crippen LogP contribution in [0.3, 0.4) is 0 Å². The van der Waals surface area contributed by atoms with Crippen LogP contribution in [0.1, 0.15) is 17.4 Å². The summed E-state index contributed by atoms with van der Waals surface area (Å²) < 4.78 is 0. The zero-order chi connectivity index (χ0) is 14.5. The summed E-state index contributed by atoms with van der Waals surface area (Å²) >= 11 is 5.72. The van der Waals surface area contributed by atoms with Crippen molar-refractivity contribution in [3.05, 3.63) is 23.2 Å². The number of amides is 3. The van der Waals surface area contributed by atoms with Crippen LogP contribution in [0.2, 0.25) is 5.15 Å². The Morgan fingerprint density at radius 1 is 1.25 bits per heavy atom. The quantitative estimate of drug-likeness (QED) is 0.868. The summed E-state index contributed by atoms with van der Waals surface area (Å²) in [5, 5.41) is 2.93. The average molecular weight is 298 g/mol. The number of rotatable bonds is 2. The number of halogens is 1. The second kappa shape index (κ2) is 6.51. The third-order valence-corrected chi connectivity index (χ3v) is 3.19. The van der Waals surface area contributed by atoms with Crippen LogP contribution < -0.4 is 5.32 Å². The van der Waals surface area contributed by atoms with Crippen LogP contribution in [-0.2, 0) is 0 Å². The third kappa shape index (κ3) is 3.36. The number of aromatic nitrogens is 2. The highest BCUT2D eigenvalue weighted by atomic mass is 35.5. The van der Waals surface area contributed by atoms with Crippen molar-refractivity contribution in [2.45, 2.75) is 6.92 Å². The van der Waals surface area contributed by atoms with Gasteiger partial charge in [0.25, 0.3) is 5.91 Å². The molecule has 0 radical (unpaired) electrons. The topological polar surface area (TPSA) is 78.4 Å². The smallest absolute Gasteiger partial charge is 0.317 e. The zero-order valence-corrected chi connectivity index (χ0v) is 11.9. The van der Waals surface area contributed by atoms with Gasteiger partial charge in [-0.05, 0) is 6.92 Å². The summed E-state index contributed by atoms with van der Waals surface area (Å²) in [6.45, 7) is 4.43. The molecule has 8 heteroatoms. The van der Waals surface area contributed by atoms with Crippen LogP contribution in [0.5, 0.6) is 0 Å². The van der Waals surface area contributed by atoms with E-state index in [0.717, 1.165) is 0 Å². The maximum atomic E-state index is 12.2. The molecule has 2 heterocycles. The summed E-state index contributed by atoms with van der Waals surface area (Å²) in [4.78, 5) is 35.0. The second-order valence-corrected chi connectivity index (χ2v) is 4.73. The van der Waals surface area contributed by atoms with Gasteiger partial charge in [-0.15, -0.1) is 0 Å². The van der Waals surface area contributed by atoms with E-state index in [9.17, 15) is 9.59 Å². The van der Waals surface area contributed by atoms with E-state index in [1.54, 1.807) is 9.80 Å². The van der Waals surface area contributed by atoms with Gasteiger partial charge in [0, 0.05) is 32.7 Å². The van der Waals surface area contributed by atoms with E-state index >= 15 is 0 Å². The molecule has 0 atom stereocenters. The molecule has 7 nitrogen and oxygen atoms in total. The number of hydrogen-bond acceptors (Lipinski definition) is 4. The van der Waals surface area contributed by atoms with Crippen molar-refractivity contribution in [3.63, 3.8) is 0 Å². The highest BCUT2D eigenvalue weighted by molar-refractivity contribution is 6.29. The van der Waals surface area contributed by atoms with Crippen LogP contribution >= 0.6 is 11.6 Å². The molecule has 108 valence electrons. The molecule has 0 aromatic carbocycles. The monoisotopic (exact) mass is 297 g/mol. The standard InChI is InChI=1S/C12H16ClN5O2/c1-2-15-12(20)18-5-3-17(4-6-18)11(19)9-7-14-8-10(13)16-9/h7-8H,2-6H2,1H3,(H,15,20). The van der Waals surface area contributed by atoms with E-state index in [1.807, 2.05) is 6.92 Å². The van der Waals surface area contributed by atoms with Crippen LogP contribution in [0, 0.1) is 0 Å². The fourth-order valence-electron chi connectivity index (χ4n) is 1.98. The van der Waals surface area contributed by atoms with E-state index in [-0.39, 0.29) is 22.8 Å². The van der Waals surface area contributed by atoms with Crippen molar-refractivity contribution in [2.24, 2.45) is 0 Å². The first-order chi connectivity index (χ1) is 9.61. The van der Waals surface area contributed by atoms with Crippen LogP contribution in [0.25, 0.3) is 0 Å². The lowest BCUT2D eigenvalue weighted by molar-refractivity contribution is 0.0659. The Bertz CT molecular complexity index is 502. The summed E-state index contributed by atoms with van der Waals surface area (Å²) in [7, 11) is 0. The molecule has 0 saturated carbocycles. The first-order valence-corrected chi connectivity index (χ1v) is 6.79. The minimum atomic E-state index is -0.212. The molecular formula is C12H16ClN5O2. The number of piperazine rings is 1. The molecule has 1 aromatic heterocycles. The molecule has 0 aliphatic carbocycles. The molecule has 0 spiro atoms. The normalized spacial score (nSPS) is 15.1. The summed E-state index contributed by atoms with van der Waals surface area (Å²) in [5.41, 5.74) is 0.226. The fourth-order valence-corrected chi connectivity index (χ4v) is 2.13. The highest BCUT2D eigenvalue weighted by Gasteiger charge is 2.25. The van der Waals surface area contributed by atoms with Gasteiger partial charge in [0.05, 0.1) is 12.4 Å². The van der Waals surface area contributed by atoms with Gasteiger partial charge >= 0.3 is 6.03 Å². The lowest BCUT2D eigenvalue weighted by Gasteiger charge is -2.34. The Morgan fingerprint density at radius 3 is 2.50 bits per heavy atom. The molecule has 1 saturated heterocycles. The summed E-state index contributed by atoms with van der Waals surface area (Å²) in [6.07, 6.45) is 2.77. The molecule has 1 aromatic rings. The lowest BCUT2D eigenvalue weighted by Crippen LogP contribution is -2.53. The number of hydrogen-bond donors (Lipinski definition) is 1. The molecule has 0 bridgehead atoms. The first-order valence-electron chi connectivity index (χ1n) is 6.41. The Kier molecular flexibility index (Phi) is 4.73. The molecule has 1 aliphatic rings. The van der Waals surface area contributed by atoms with E-state index in [4.69, 9.17) is 11.6 Å². The van der Waals surface area contributed by atoms with Crippen molar-refractivity contribution in [1.29, 1.82) is 0 Å². The number of urea groups is 1. The Hall–Kier alpha value is -1.89. The van der Waals surface area contributed by atoms with Gasteiger partial charge in [-0.3, -0.25) is 9.78 Å². The molecule has 1 aliphatic heterocycles. The van der Waals surface area contributed by atoms with Gasteiger partial charge in [0.15, 0.2) is 0 Å². The number of carbonyl (C=O) groups excluding carboxylic acids is 2. The lowest BCUT2D eigenvalue weighted by atomic mass is 10.3. The van der Waals surface area contributed by atoms with Crippen molar-refractivity contribution in [3.8, 4) is 0 Å². The van der Waals surface area contributed by atoms with Crippen molar-refractivity contribution < 1.29 is 9.59 Å². The largest absolute Gasteiger partial charge is 0.338 e. The van der Waals surface area contributed by atoms with Crippen LogP contribution in [0.15, 0.2) is 12.4 Å². The van der Waals surface area contributed by atoms with E-state index in [2.05, 4.69) is 15.3 Å². The minimum Gasteiger partial charge on any atom is -0.338 e. The molecule has 20 heavy (non-hydrogen) atoms. The molecule has 0 unspecified atom stereocenters. The molecular weight excluding hydrogens is 282 g/mol. The van der Waals surface area contributed by atoms with Crippen molar-refractivity contribution >= 4 is 23.5 Å². The van der Waals surface area contributed by atoms with Crippen molar-refractivity contribution in [1.82, 2.24) is 25.1 Å². The van der Waals surface area contributed by atoms with Crippen LogP contribution in [-0.4, -0.2) is 64.4 Å².